The molecule has 2 saturated heterocycles. The van der Waals surface area contributed by atoms with Crippen molar-refractivity contribution in [1.29, 1.82) is 0 Å². The van der Waals surface area contributed by atoms with Gasteiger partial charge < -0.3 is 0 Å². The fourth-order valence-corrected chi connectivity index (χ4v) is 9.01. The maximum absolute atomic E-state index is 13.6. The molecule has 2 N–H and O–H groups in total. The standard InChI is InChI=1S/C28H36N4O6S2/c33-29-27-23-13-11-21(39(35,36)31-15-7-3-1-4-8-16-31)19-25(23)28(30-34)26-20-22(12-14-24(26)27)40(37,38)32-17-9-5-2-6-10-18-32/h11-14,19-20,29,33H,1-10,15-18H2. The van der Waals surface area contributed by atoms with Crippen molar-refractivity contribution < 1.29 is 22.0 Å². The van der Waals surface area contributed by atoms with Crippen molar-refractivity contribution in [3.8, 4) is 0 Å². The first kappa shape index (κ1) is 28.9. The van der Waals surface area contributed by atoms with E-state index in [9.17, 15) is 26.9 Å². The summed E-state index contributed by atoms with van der Waals surface area (Å²) in [4.78, 5) is 12.3. The summed E-state index contributed by atoms with van der Waals surface area (Å²) >= 11 is 0. The van der Waals surface area contributed by atoms with Crippen molar-refractivity contribution in [2.45, 2.75) is 74.0 Å². The van der Waals surface area contributed by atoms with Crippen molar-refractivity contribution in [1.82, 2.24) is 8.61 Å². The number of anilines is 1. The van der Waals surface area contributed by atoms with E-state index in [0.29, 0.717) is 37.0 Å². The molecule has 0 saturated carbocycles. The molecule has 2 aliphatic rings. The van der Waals surface area contributed by atoms with Gasteiger partial charge in [-0.2, -0.15) is 8.61 Å². The first-order valence-electron chi connectivity index (χ1n) is 14.1. The Kier molecular flexibility index (Phi) is 8.72. The second kappa shape index (κ2) is 12.1. The van der Waals surface area contributed by atoms with E-state index >= 15 is 0 Å². The number of nitrogens with one attached hydrogen (secondary N) is 1. The number of benzene rings is 3. The smallest absolute Gasteiger partial charge is 0.243 e. The average molecular weight is 589 g/mol. The van der Waals surface area contributed by atoms with Crippen molar-refractivity contribution >= 4 is 53.0 Å². The van der Waals surface area contributed by atoms with Crippen LogP contribution < -0.4 is 5.48 Å². The van der Waals surface area contributed by atoms with Gasteiger partial charge in [0.2, 0.25) is 20.0 Å². The summed E-state index contributed by atoms with van der Waals surface area (Å²) in [5.41, 5.74) is 2.34. The number of fused-ring (bicyclic) bond motifs is 2. The molecule has 0 radical (unpaired) electrons. The molecule has 2 fully saturated rings. The highest BCUT2D eigenvalue weighted by molar-refractivity contribution is 7.89. The van der Waals surface area contributed by atoms with Gasteiger partial charge in [-0.05, 0) is 55.1 Å². The summed E-state index contributed by atoms with van der Waals surface area (Å²) in [7, 11) is -7.68. The van der Waals surface area contributed by atoms with Gasteiger partial charge in [0.25, 0.3) is 0 Å². The van der Waals surface area contributed by atoms with Gasteiger partial charge in [0.15, 0.2) is 0 Å². The molecule has 0 bridgehead atoms. The van der Waals surface area contributed by atoms with E-state index in [1.165, 1.54) is 32.9 Å². The van der Waals surface area contributed by atoms with Crippen LogP contribution in [0.25, 0.3) is 21.5 Å². The molecule has 5 rings (SSSR count). The molecule has 216 valence electrons. The molecule has 0 aliphatic carbocycles. The molecule has 0 unspecified atom stereocenters. The Hall–Kier alpha value is -2.64. The third-order valence-electron chi connectivity index (χ3n) is 8.14. The van der Waals surface area contributed by atoms with Crippen molar-refractivity contribution in [2.24, 2.45) is 5.18 Å². The predicted octanol–water partition coefficient (Wildman–Crippen LogP) is 6.10. The molecular weight excluding hydrogens is 552 g/mol. The topological polar surface area (TPSA) is 136 Å². The zero-order valence-corrected chi connectivity index (χ0v) is 24.1. The first-order valence-corrected chi connectivity index (χ1v) is 16.9. The first-order chi connectivity index (χ1) is 19.3. The summed E-state index contributed by atoms with van der Waals surface area (Å²) in [5.74, 6) is 0. The van der Waals surface area contributed by atoms with Crippen molar-refractivity contribution in [2.75, 3.05) is 31.7 Å². The van der Waals surface area contributed by atoms with Gasteiger partial charge in [0, 0.05) is 47.7 Å². The molecule has 0 amide bonds. The maximum Gasteiger partial charge on any atom is 0.243 e. The third kappa shape index (κ3) is 5.47. The minimum Gasteiger partial charge on any atom is -0.291 e. The van der Waals surface area contributed by atoms with Gasteiger partial charge in [-0.1, -0.05) is 50.7 Å². The predicted molar refractivity (Wildman–Crippen MR) is 156 cm³/mol. The Morgan fingerprint density at radius 1 is 0.600 bits per heavy atom. The van der Waals surface area contributed by atoms with Gasteiger partial charge in [0.05, 0.1) is 15.5 Å². The van der Waals surface area contributed by atoms with E-state index in [-0.39, 0.29) is 31.9 Å². The lowest BCUT2D eigenvalue weighted by molar-refractivity contribution is 0.364. The molecule has 40 heavy (non-hydrogen) atoms. The number of sulfonamides is 2. The summed E-state index contributed by atoms with van der Waals surface area (Å²) in [5, 5.41) is 14.5. The third-order valence-corrected chi connectivity index (χ3v) is 11.9. The van der Waals surface area contributed by atoms with Crippen LogP contribution in [0.15, 0.2) is 51.4 Å². The van der Waals surface area contributed by atoms with Crippen LogP contribution in [0.4, 0.5) is 11.4 Å². The lowest BCUT2D eigenvalue weighted by Gasteiger charge is -2.25. The second-order valence-electron chi connectivity index (χ2n) is 10.7. The normalized spacial score (nSPS) is 19.0. The number of hydrogen-bond acceptors (Lipinski definition) is 8. The molecule has 3 aromatic rings. The SMILES string of the molecule is O=Nc1c2cc(S(=O)(=O)N3CCCCCCC3)ccc2c(NO)c2ccc(S(=O)(=O)N3CCCCCCC3)cc12. The largest absolute Gasteiger partial charge is 0.291 e. The van der Waals surface area contributed by atoms with Crippen LogP contribution in [-0.4, -0.2) is 56.8 Å². The zero-order valence-electron chi connectivity index (χ0n) is 22.5. The maximum atomic E-state index is 13.6. The van der Waals surface area contributed by atoms with Crippen LogP contribution in [0, 0.1) is 4.91 Å². The zero-order chi connectivity index (χ0) is 28.3. The summed E-state index contributed by atoms with van der Waals surface area (Å²) in [6, 6.07) is 8.84. The van der Waals surface area contributed by atoms with Gasteiger partial charge in [-0.25, -0.2) is 16.8 Å². The van der Waals surface area contributed by atoms with E-state index in [1.54, 1.807) is 12.1 Å². The van der Waals surface area contributed by atoms with E-state index in [1.807, 2.05) is 0 Å². The fourth-order valence-electron chi connectivity index (χ4n) is 5.92. The number of rotatable bonds is 6. The molecule has 12 heteroatoms. The molecule has 2 heterocycles. The number of nitroso groups, excluding NO2 is 1. The highest BCUT2D eigenvalue weighted by atomic mass is 32.2. The summed E-state index contributed by atoms with van der Waals surface area (Å²) in [6.45, 7) is 1.71. The Balaban J connectivity index is 1.65. The van der Waals surface area contributed by atoms with Gasteiger partial charge in [-0.15, -0.1) is 4.91 Å². The quantitative estimate of drug-likeness (QED) is 0.202. The Morgan fingerprint density at radius 2 is 0.975 bits per heavy atom. The van der Waals surface area contributed by atoms with Crippen LogP contribution in [-0.2, 0) is 20.0 Å². The lowest BCUT2D eigenvalue weighted by Crippen LogP contribution is -2.33. The summed E-state index contributed by atoms with van der Waals surface area (Å²) < 4.78 is 57.4. The van der Waals surface area contributed by atoms with Gasteiger partial charge in [-0.3, -0.25) is 10.7 Å². The van der Waals surface area contributed by atoms with E-state index in [0.717, 1.165) is 64.2 Å². The minimum absolute atomic E-state index is 0.0260. The van der Waals surface area contributed by atoms with Crippen LogP contribution in [0.5, 0.6) is 0 Å². The van der Waals surface area contributed by atoms with Gasteiger partial charge in [0.1, 0.15) is 5.69 Å². The van der Waals surface area contributed by atoms with E-state index < -0.39 is 20.0 Å². The lowest BCUT2D eigenvalue weighted by atomic mass is 9.99. The van der Waals surface area contributed by atoms with Crippen molar-refractivity contribution in [3.63, 3.8) is 0 Å². The Morgan fingerprint density at radius 3 is 1.32 bits per heavy atom. The summed E-state index contributed by atoms with van der Waals surface area (Å²) in [6.07, 6.45) is 9.22. The molecule has 0 atom stereocenters. The van der Waals surface area contributed by atoms with E-state index in [4.69, 9.17) is 0 Å². The molecule has 10 nitrogen and oxygen atoms in total. The van der Waals surface area contributed by atoms with E-state index in [2.05, 4.69) is 10.7 Å². The monoisotopic (exact) mass is 588 g/mol. The van der Waals surface area contributed by atoms with Crippen molar-refractivity contribution in [3.05, 3.63) is 41.3 Å². The van der Waals surface area contributed by atoms with Crippen LogP contribution in [0.2, 0.25) is 0 Å². The molecular formula is C28H36N4O6S2. The molecule has 0 aromatic heterocycles. The minimum atomic E-state index is -3.84. The second-order valence-corrected chi connectivity index (χ2v) is 14.6. The highest BCUT2D eigenvalue weighted by Gasteiger charge is 2.28. The van der Waals surface area contributed by atoms with Crippen LogP contribution in [0.3, 0.4) is 0 Å². The average Bonchev–Trinajstić information content (AvgIpc) is 2.90. The molecule has 3 aromatic carbocycles. The van der Waals surface area contributed by atoms with Gasteiger partial charge >= 0.3 is 0 Å². The Labute approximate surface area is 235 Å². The number of nitrogens with zero attached hydrogens (tertiary/aromatic N) is 3. The Bertz CT molecular complexity index is 1500. The molecule has 2 aliphatic heterocycles. The molecule has 0 spiro atoms. The van der Waals surface area contributed by atoms with Crippen LogP contribution in [0.1, 0.15) is 64.2 Å². The van der Waals surface area contributed by atoms with Crippen LogP contribution >= 0.6 is 0 Å². The number of hydrogen-bond donors (Lipinski definition) is 2. The highest BCUT2D eigenvalue weighted by Crippen LogP contribution is 2.43. The fraction of sp³-hybridized carbons (Fsp3) is 0.500.